The van der Waals surface area contributed by atoms with E-state index in [4.69, 9.17) is 15.2 Å². The van der Waals surface area contributed by atoms with E-state index in [-0.39, 0.29) is 0 Å². The van der Waals surface area contributed by atoms with E-state index in [9.17, 15) is 14.4 Å². The molecule has 7 heteroatoms. The molecule has 0 aliphatic carbocycles. The number of amides is 2. The Hall–Kier alpha value is -3.35. The summed E-state index contributed by atoms with van der Waals surface area (Å²) in [6, 6.07) is 11.2. The molecule has 26 heavy (non-hydrogen) atoms. The van der Waals surface area contributed by atoms with E-state index < -0.39 is 23.9 Å². The van der Waals surface area contributed by atoms with Gasteiger partial charge in [-0.3, -0.25) is 9.59 Å². The number of primary amides is 1. The molecule has 7 nitrogen and oxygen atoms in total. The van der Waals surface area contributed by atoms with Gasteiger partial charge in [0.15, 0.2) is 6.10 Å². The molecule has 2 aromatic carbocycles. The van der Waals surface area contributed by atoms with Crippen molar-refractivity contribution < 1.29 is 23.9 Å². The smallest absolute Gasteiger partial charge is 0.338 e. The molecule has 3 N–H and O–H groups in total. The molecule has 1 aliphatic rings. The third-order valence-electron chi connectivity index (χ3n) is 4.02. The average molecular weight is 354 g/mol. The van der Waals surface area contributed by atoms with Crippen LogP contribution in [0.1, 0.15) is 33.2 Å². The van der Waals surface area contributed by atoms with E-state index >= 15 is 0 Å². The van der Waals surface area contributed by atoms with Crippen molar-refractivity contribution in [3.05, 3.63) is 59.2 Å². The molecule has 1 heterocycles. The fourth-order valence-corrected chi connectivity index (χ4v) is 2.56. The number of hydrogen-bond donors (Lipinski definition) is 2. The van der Waals surface area contributed by atoms with Gasteiger partial charge in [0.25, 0.3) is 5.91 Å². The molecule has 0 saturated heterocycles. The Bertz CT molecular complexity index is 861. The van der Waals surface area contributed by atoms with Gasteiger partial charge in [-0.05, 0) is 55.0 Å². The molecule has 1 aliphatic heterocycles. The Labute approximate surface area is 150 Å². The van der Waals surface area contributed by atoms with E-state index in [0.29, 0.717) is 23.4 Å². The van der Waals surface area contributed by atoms with Crippen molar-refractivity contribution >= 4 is 23.5 Å². The molecular weight excluding hydrogens is 336 g/mol. The highest BCUT2D eigenvalue weighted by Crippen LogP contribution is 2.26. The van der Waals surface area contributed by atoms with E-state index in [1.165, 1.54) is 19.1 Å². The number of benzene rings is 2. The number of ether oxygens (including phenoxy) is 2. The maximum absolute atomic E-state index is 12.2. The van der Waals surface area contributed by atoms with Crippen LogP contribution < -0.4 is 15.8 Å². The number of nitrogens with two attached hydrogens (primary N) is 1. The minimum atomic E-state index is -0.983. The van der Waals surface area contributed by atoms with Crippen LogP contribution >= 0.6 is 0 Å². The lowest BCUT2D eigenvalue weighted by molar-refractivity contribution is -0.123. The molecule has 0 radical (unpaired) electrons. The highest BCUT2D eigenvalue weighted by molar-refractivity contribution is 5.98. The van der Waals surface area contributed by atoms with Crippen molar-refractivity contribution in [2.45, 2.75) is 19.4 Å². The van der Waals surface area contributed by atoms with Crippen LogP contribution in [0, 0.1) is 0 Å². The summed E-state index contributed by atoms with van der Waals surface area (Å²) in [5.41, 5.74) is 7.30. The lowest BCUT2D eigenvalue weighted by Gasteiger charge is -2.14. The first kappa shape index (κ1) is 17.5. The summed E-state index contributed by atoms with van der Waals surface area (Å²) in [7, 11) is 0. The average Bonchev–Trinajstić information content (AvgIpc) is 3.09. The maximum Gasteiger partial charge on any atom is 0.338 e. The van der Waals surface area contributed by atoms with Gasteiger partial charge in [0.05, 0.1) is 12.2 Å². The topological polar surface area (TPSA) is 108 Å². The van der Waals surface area contributed by atoms with Gasteiger partial charge < -0.3 is 20.5 Å². The molecule has 134 valence electrons. The normalized spacial score (nSPS) is 13.3. The zero-order valence-electron chi connectivity index (χ0n) is 14.2. The number of anilines is 1. The van der Waals surface area contributed by atoms with E-state index in [1.54, 1.807) is 30.3 Å². The number of hydrogen-bond acceptors (Lipinski definition) is 5. The maximum atomic E-state index is 12.2. The van der Waals surface area contributed by atoms with E-state index in [2.05, 4.69) is 5.32 Å². The number of esters is 1. The largest absolute Gasteiger partial charge is 0.493 e. The first-order valence-electron chi connectivity index (χ1n) is 8.11. The van der Waals surface area contributed by atoms with Crippen molar-refractivity contribution in [3.63, 3.8) is 0 Å². The molecule has 0 saturated carbocycles. The number of fused-ring (bicyclic) bond motifs is 1. The van der Waals surface area contributed by atoms with Crippen LogP contribution in [0.4, 0.5) is 5.69 Å². The molecule has 2 amide bonds. The van der Waals surface area contributed by atoms with Gasteiger partial charge >= 0.3 is 5.97 Å². The second-order valence-corrected chi connectivity index (χ2v) is 5.90. The minimum Gasteiger partial charge on any atom is -0.493 e. The molecule has 0 fully saturated rings. The summed E-state index contributed by atoms with van der Waals surface area (Å²) in [6.07, 6.45) is -0.240. The predicted molar refractivity (Wildman–Crippen MR) is 94.1 cm³/mol. The molecule has 0 bridgehead atoms. The zero-order valence-corrected chi connectivity index (χ0v) is 14.2. The molecule has 2 aromatic rings. The van der Waals surface area contributed by atoms with Crippen molar-refractivity contribution in [1.29, 1.82) is 0 Å². The first-order chi connectivity index (χ1) is 12.4. The Morgan fingerprint density at radius 2 is 1.81 bits per heavy atom. The summed E-state index contributed by atoms with van der Waals surface area (Å²) in [6.45, 7) is 2.09. The van der Waals surface area contributed by atoms with Gasteiger partial charge in [0.2, 0.25) is 5.91 Å². The fraction of sp³-hybridized carbons (Fsp3) is 0.211. The molecular formula is C19H18N2O5. The van der Waals surface area contributed by atoms with Gasteiger partial charge in [-0.1, -0.05) is 0 Å². The quantitative estimate of drug-likeness (QED) is 0.798. The van der Waals surface area contributed by atoms with Gasteiger partial charge in [-0.15, -0.1) is 0 Å². The molecule has 0 spiro atoms. The van der Waals surface area contributed by atoms with Crippen LogP contribution in [0.3, 0.4) is 0 Å². The lowest BCUT2D eigenvalue weighted by atomic mass is 10.1. The number of carbonyl (C=O) groups excluding carboxylic acids is 3. The summed E-state index contributed by atoms with van der Waals surface area (Å²) in [5.74, 6) is -0.835. The Balaban J connectivity index is 1.60. The third kappa shape index (κ3) is 3.83. The second-order valence-electron chi connectivity index (χ2n) is 5.90. The van der Waals surface area contributed by atoms with Crippen molar-refractivity contribution in [2.24, 2.45) is 5.73 Å². The highest BCUT2D eigenvalue weighted by Gasteiger charge is 2.21. The summed E-state index contributed by atoms with van der Waals surface area (Å²) in [5, 5.41) is 2.62. The van der Waals surface area contributed by atoms with Gasteiger partial charge in [0, 0.05) is 17.7 Å². The molecule has 1 unspecified atom stereocenters. The van der Waals surface area contributed by atoms with Gasteiger partial charge in [-0.25, -0.2) is 4.79 Å². The molecule has 1 atom stereocenters. The van der Waals surface area contributed by atoms with E-state index in [0.717, 1.165) is 17.7 Å². The first-order valence-corrected chi connectivity index (χ1v) is 8.11. The number of carbonyl (C=O) groups is 3. The van der Waals surface area contributed by atoms with Crippen molar-refractivity contribution in [1.82, 2.24) is 0 Å². The van der Waals surface area contributed by atoms with Crippen molar-refractivity contribution in [2.75, 3.05) is 11.9 Å². The second kappa shape index (κ2) is 7.26. The predicted octanol–water partition coefficient (Wildman–Crippen LogP) is 1.90. The van der Waals surface area contributed by atoms with Crippen molar-refractivity contribution in [3.8, 4) is 5.75 Å². The van der Waals surface area contributed by atoms with Gasteiger partial charge in [-0.2, -0.15) is 0 Å². The van der Waals surface area contributed by atoms with Gasteiger partial charge in [0.1, 0.15) is 5.75 Å². The number of nitrogens with one attached hydrogen (secondary N) is 1. The minimum absolute atomic E-state index is 0.336. The Morgan fingerprint density at radius 3 is 2.50 bits per heavy atom. The van der Waals surface area contributed by atoms with Crippen LogP contribution in [0.2, 0.25) is 0 Å². The van der Waals surface area contributed by atoms with Crippen LogP contribution in [0.5, 0.6) is 5.75 Å². The Morgan fingerprint density at radius 1 is 1.12 bits per heavy atom. The fourth-order valence-electron chi connectivity index (χ4n) is 2.56. The van der Waals surface area contributed by atoms with E-state index in [1.807, 2.05) is 0 Å². The van der Waals surface area contributed by atoms with Crippen LogP contribution in [-0.4, -0.2) is 30.5 Å². The van der Waals surface area contributed by atoms with Crippen LogP contribution in [-0.2, 0) is 16.0 Å². The monoisotopic (exact) mass is 354 g/mol. The summed E-state index contributed by atoms with van der Waals surface area (Å²) in [4.78, 5) is 35.5. The standard InChI is InChI=1S/C19H18N2O5/c1-11(18(23)21-15-5-2-12(3-6-15)17(20)22)26-19(24)14-4-7-16-13(10-14)8-9-25-16/h2-7,10-11H,8-9H2,1H3,(H2,20,22)(H,21,23). The lowest BCUT2D eigenvalue weighted by Crippen LogP contribution is -2.30. The molecule has 0 aromatic heterocycles. The Kier molecular flexibility index (Phi) is 4.88. The third-order valence-corrected chi connectivity index (χ3v) is 4.02. The summed E-state index contributed by atoms with van der Waals surface area (Å²) >= 11 is 0. The summed E-state index contributed by atoms with van der Waals surface area (Å²) < 4.78 is 10.6. The van der Waals surface area contributed by atoms with Crippen LogP contribution in [0.25, 0.3) is 0 Å². The molecule has 3 rings (SSSR count). The number of rotatable bonds is 5. The highest BCUT2D eigenvalue weighted by atomic mass is 16.5. The zero-order chi connectivity index (χ0) is 18.7. The SMILES string of the molecule is CC(OC(=O)c1ccc2c(c1)CCO2)C(=O)Nc1ccc(C(N)=O)cc1. The van der Waals surface area contributed by atoms with Crippen LogP contribution in [0.15, 0.2) is 42.5 Å².